The maximum absolute atomic E-state index is 12.4. The van der Waals surface area contributed by atoms with Gasteiger partial charge in [-0.3, -0.25) is 9.79 Å². The van der Waals surface area contributed by atoms with E-state index < -0.39 is 0 Å². The third kappa shape index (κ3) is 2.74. The molecule has 1 aliphatic rings. The van der Waals surface area contributed by atoms with Crippen molar-refractivity contribution in [2.24, 2.45) is 10.7 Å². The van der Waals surface area contributed by atoms with Crippen LogP contribution in [0.1, 0.15) is 5.56 Å². The predicted molar refractivity (Wildman–Crippen MR) is 97.0 cm³/mol. The predicted octanol–water partition coefficient (Wildman–Crippen LogP) is 1.48. The smallest absolute Gasteiger partial charge is 0.260 e. The van der Waals surface area contributed by atoms with Gasteiger partial charge in [0, 0.05) is 35.4 Å². The van der Waals surface area contributed by atoms with Gasteiger partial charge in [-0.05, 0) is 12.1 Å². The molecule has 0 unspecified atom stereocenters. The average Bonchev–Trinajstić information content (AvgIpc) is 2.99. The second kappa shape index (κ2) is 6.37. The number of aromatic nitrogens is 3. The summed E-state index contributed by atoms with van der Waals surface area (Å²) in [6.07, 6.45) is 6.42. The first kappa shape index (κ1) is 15.3. The van der Waals surface area contributed by atoms with Gasteiger partial charge in [0.05, 0.1) is 31.0 Å². The summed E-state index contributed by atoms with van der Waals surface area (Å²) < 4.78 is 7.00. The summed E-state index contributed by atoms with van der Waals surface area (Å²) in [5.41, 5.74) is 8.45. The molecule has 0 amide bonds. The van der Waals surface area contributed by atoms with Crippen LogP contribution in [-0.4, -0.2) is 40.0 Å². The molecule has 0 atom stereocenters. The highest BCUT2D eigenvalue weighted by Gasteiger charge is 2.18. The Morgan fingerprint density at radius 2 is 2.16 bits per heavy atom. The Hall–Kier alpha value is -3.19. The second-order valence-corrected chi connectivity index (χ2v) is 5.77. The number of H-pyrrole nitrogens is 1. The third-order valence-electron chi connectivity index (χ3n) is 4.16. The Balaban J connectivity index is 1.89. The van der Waals surface area contributed by atoms with Crippen molar-refractivity contribution in [3.8, 4) is 5.69 Å². The van der Waals surface area contributed by atoms with Gasteiger partial charge >= 0.3 is 0 Å². The number of ether oxygens (including phenoxy) is 1. The molecule has 0 saturated carbocycles. The van der Waals surface area contributed by atoms with Gasteiger partial charge in [0.15, 0.2) is 5.65 Å². The van der Waals surface area contributed by atoms with Crippen molar-refractivity contribution >= 4 is 22.8 Å². The van der Waals surface area contributed by atoms with Gasteiger partial charge in [-0.25, -0.2) is 4.98 Å². The number of fused-ring (bicyclic) bond motifs is 1. The molecule has 2 aromatic heterocycles. The molecule has 126 valence electrons. The zero-order chi connectivity index (χ0) is 17.2. The number of aliphatic imine (C=N–C) groups is 1. The highest BCUT2D eigenvalue weighted by molar-refractivity contribution is 6.14. The molecule has 1 fully saturated rings. The summed E-state index contributed by atoms with van der Waals surface area (Å²) in [7, 11) is 0. The number of hydrogen-bond acceptors (Lipinski definition) is 5. The fraction of sp³-hybridized carbons (Fsp3) is 0.167. The molecule has 3 aromatic rings. The van der Waals surface area contributed by atoms with Gasteiger partial charge in [0.25, 0.3) is 5.56 Å². The molecule has 25 heavy (non-hydrogen) atoms. The van der Waals surface area contributed by atoms with E-state index in [1.807, 2.05) is 41.1 Å². The molecular formula is C18H17N5O2. The fourth-order valence-corrected chi connectivity index (χ4v) is 2.77. The molecule has 7 nitrogen and oxygen atoms in total. The second-order valence-electron chi connectivity index (χ2n) is 5.77. The van der Waals surface area contributed by atoms with Crippen molar-refractivity contribution in [1.82, 2.24) is 14.5 Å². The van der Waals surface area contributed by atoms with Crippen molar-refractivity contribution in [3.05, 3.63) is 65.0 Å². The number of allylic oxidation sites excluding steroid dienone is 1. The number of nitrogens with one attached hydrogen (secondary N) is 1. The van der Waals surface area contributed by atoms with Crippen LogP contribution in [0.2, 0.25) is 0 Å². The molecule has 1 saturated heterocycles. The van der Waals surface area contributed by atoms with Crippen molar-refractivity contribution in [3.63, 3.8) is 0 Å². The first-order chi connectivity index (χ1) is 12.3. The number of para-hydroxylation sites is 1. The summed E-state index contributed by atoms with van der Waals surface area (Å²) in [4.78, 5) is 23.9. The number of aromatic amines is 1. The van der Waals surface area contributed by atoms with Gasteiger partial charge in [0.1, 0.15) is 0 Å². The van der Waals surface area contributed by atoms with Crippen LogP contribution in [0.4, 0.5) is 0 Å². The monoisotopic (exact) mass is 335 g/mol. The van der Waals surface area contributed by atoms with Gasteiger partial charge in [-0.2, -0.15) is 0 Å². The maximum Gasteiger partial charge on any atom is 0.260 e. The molecule has 0 bridgehead atoms. The fourth-order valence-electron chi connectivity index (χ4n) is 2.77. The lowest BCUT2D eigenvalue weighted by Crippen LogP contribution is -2.31. The molecule has 0 radical (unpaired) electrons. The van der Waals surface area contributed by atoms with Crippen molar-refractivity contribution in [2.45, 2.75) is 6.04 Å². The quantitative estimate of drug-likeness (QED) is 0.706. The first-order valence-electron chi connectivity index (χ1n) is 7.95. The molecule has 1 aromatic carbocycles. The molecule has 7 heteroatoms. The number of nitrogens with two attached hydrogens (primary N) is 1. The Labute approximate surface area is 143 Å². The Kier molecular flexibility index (Phi) is 3.91. The molecule has 0 aliphatic carbocycles. The highest BCUT2D eigenvalue weighted by Crippen LogP contribution is 2.25. The van der Waals surface area contributed by atoms with E-state index in [0.29, 0.717) is 35.4 Å². The van der Waals surface area contributed by atoms with E-state index in [2.05, 4.69) is 15.0 Å². The topological polar surface area (TPSA) is 98.3 Å². The van der Waals surface area contributed by atoms with Crippen molar-refractivity contribution in [2.75, 3.05) is 13.2 Å². The number of benzene rings is 1. The van der Waals surface area contributed by atoms with Gasteiger partial charge in [-0.1, -0.05) is 18.2 Å². The third-order valence-corrected chi connectivity index (χ3v) is 4.16. The molecule has 1 aliphatic heterocycles. The van der Waals surface area contributed by atoms with Crippen LogP contribution in [0, 0.1) is 0 Å². The van der Waals surface area contributed by atoms with E-state index in [0.717, 1.165) is 5.69 Å². The summed E-state index contributed by atoms with van der Waals surface area (Å²) >= 11 is 0. The van der Waals surface area contributed by atoms with E-state index in [1.165, 1.54) is 12.5 Å². The molecule has 3 N–H and O–H groups in total. The molecule has 4 rings (SSSR count). The Morgan fingerprint density at radius 1 is 1.36 bits per heavy atom. The van der Waals surface area contributed by atoms with Gasteiger partial charge in [0.2, 0.25) is 0 Å². The summed E-state index contributed by atoms with van der Waals surface area (Å²) in [6, 6.07) is 9.87. The largest absolute Gasteiger partial charge is 0.404 e. The van der Waals surface area contributed by atoms with Crippen LogP contribution in [0.25, 0.3) is 22.3 Å². The minimum absolute atomic E-state index is 0.147. The normalized spacial score (nSPS) is 15.8. The number of rotatable bonds is 4. The van der Waals surface area contributed by atoms with E-state index in [1.54, 1.807) is 6.21 Å². The van der Waals surface area contributed by atoms with Crippen LogP contribution in [-0.2, 0) is 4.74 Å². The number of nitrogens with zero attached hydrogens (tertiary/aromatic N) is 3. The number of hydrogen-bond donors (Lipinski definition) is 2. The molecular weight excluding hydrogens is 318 g/mol. The van der Waals surface area contributed by atoms with E-state index in [4.69, 9.17) is 10.5 Å². The van der Waals surface area contributed by atoms with Crippen molar-refractivity contribution in [1.29, 1.82) is 0 Å². The summed E-state index contributed by atoms with van der Waals surface area (Å²) in [5, 5.41) is 0.486. The minimum Gasteiger partial charge on any atom is -0.404 e. The van der Waals surface area contributed by atoms with Crippen LogP contribution < -0.4 is 11.3 Å². The van der Waals surface area contributed by atoms with E-state index >= 15 is 0 Å². The molecule has 0 spiro atoms. The minimum atomic E-state index is -0.214. The van der Waals surface area contributed by atoms with Gasteiger partial charge in [-0.15, -0.1) is 0 Å². The van der Waals surface area contributed by atoms with Crippen LogP contribution in [0.15, 0.2) is 58.8 Å². The Bertz CT molecular complexity index is 1010. The standard InChI is InChI=1S/C18H17N5O2/c19-6-12(7-20-13-9-25-10-13)15-8-23(14-4-2-1-3-5-14)17-16(15)18(24)22-11-21-17/h1-8,11,13H,9-10,19H2,(H,21,22,24)/b12-6+,20-7?. The van der Waals surface area contributed by atoms with Crippen LogP contribution in [0.3, 0.4) is 0 Å². The average molecular weight is 335 g/mol. The first-order valence-corrected chi connectivity index (χ1v) is 7.95. The SMILES string of the molecule is N/C=C(\C=NC1COC1)c1cn(-c2ccccc2)c2nc[nH]c(=O)c12. The lowest BCUT2D eigenvalue weighted by Gasteiger charge is -2.21. The summed E-state index contributed by atoms with van der Waals surface area (Å²) in [5.74, 6) is 0. The van der Waals surface area contributed by atoms with E-state index in [-0.39, 0.29) is 11.6 Å². The maximum atomic E-state index is 12.4. The van der Waals surface area contributed by atoms with Gasteiger partial charge < -0.3 is 20.0 Å². The van der Waals surface area contributed by atoms with Crippen LogP contribution >= 0.6 is 0 Å². The van der Waals surface area contributed by atoms with E-state index in [9.17, 15) is 4.79 Å². The molecule has 3 heterocycles. The Morgan fingerprint density at radius 3 is 2.84 bits per heavy atom. The zero-order valence-electron chi connectivity index (χ0n) is 13.4. The lowest BCUT2D eigenvalue weighted by atomic mass is 10.1. The zero-order valence-corrected chi connectivity index (χ0v) is 13.4. The van der Waals surface area contributed by atoms with Crippen molar-refractivity contribution < 1.29 is 4.74 Å². The summed E-state index contributed by atoms with van der Waals surface area (Å²) in [6.45, 7) is 1.23. The lowest BCUT2D eigenvalue weighted by molar-refractivity contribution is 0.0136. The highest BCUT2D eigenvalue weighted by atomic mass is 16.5. The van der Waals surface area contributed by atoms with Crippen LogP contribution in [0.5, 0.6) is 0 Å².